The third-order valence-corrected chi connectivity index (χ3v) is 3.43. The maximum absolute atomic E-state index is 13.3. The maximum atomic E-state index is 13.3. The second-order valence-corrected chi connectivity index (χ2v) is 5.27. The molecule has 0 fully saturated rings. The van der Waals surface area contributed by atoms with Gasteiger partial charge in [-0.05, 0) is 35.9 Å². The number of sulfonamides is 1. The number of halogens is 3. The van der Waals surface area contributed by atoms with Gasteiger partial charge in [-0.1, -0.05) is 0 Å². The molecule has 0 bridgehead atoms. The van der Waals surface area contributed by atoms with Crippen LogP contribution >= 0.6 is 11.6 Å². The van der Waals surface area contributed by atoms with Crippen molar-refractivity contribution in [1.82, 2.24) is 0 Å². The molecule has 0 amide bonds. The van der Waals surface area contributed by atoms with Gasteiger partial charge in [0.25, 0.3) is 10.0 Å². The highest BCUT2D eigenvalue weighted by atomic mass is 35.5. The minimum Gasteiger partial charge on any atom is -0.431 e. The van der Waals surface area contributed by atoms with Crippen LogP contribution in [0, 0.1) is 11.6 Å². The van der Waals surface area contributed by atoms with E-state index in [-0.39, 0.29) is 10.9 Å². The Morgan fingerprint density at radius 2 is 1.89 bits per heavy atom. The molecule has 0 aliphatic heterocycles. The quantitative estimate of drug-likeness (QED) is 0.946. The summed E-state index contributed by atoms with van der Waals surface area (Å²) in [7, 11) is -4.09. The van der Waals surface area contributed by atoms with Crippen LogP contribution in [0.15, 0.2) is 39.8 Å². The second-order valence-electron chi connectivity index (χ2n) is 3.29. The van der Waals surface area contributed by atoms with E-state index in [0.717, 1.165) is 18.2 Å². The molecule has 0 saturated carbocycles. The number of nitrogens with one attached hydrogen (secondary N) is 1. The average molecular weight is 294 g/mol. The topological polar surface area (TPSA) is 59.3 Å². The molecule has 0 unspecified atom stereocenters. The van der Waals surface area contributed by atoms with Gasteiger partial charge in [0.2, 0.25) is 5.09 Å². The number of hydrogen-bond donors (Lipinski definition) is 1. The molecule has 1 heterocycles. The van der Waals surface area contributed by atoms with Crippen molar-refractivity contribution >= 4 is 27.3 Å². The van der Waals surface area contributed by atoms with Gasteiger partial charge in [-0.15, -0.1) is 0 Å². The van der Waals surface area contributed by atoms with Crippen LogP contribution in [-0.2, 0) is 10.0 Å². The third kappa shape index (κ3) is 2.62. The highest BCUT2D eigenvalue weighted by molar-refractivity contribution is 7.92. The van der Waals surface area contributed by atoms with E-state index in [9.17, 15) is 17.2 Å². The predicted octanol–water partition coefficient (Wildman–Crippen LogP) is 3.01. The largest absolute Gasteiger partial charge is 0.431 e. The van der Waals surface area contributed by atoms with Crippen molar-refractivity contribution in [3.63, 3.8) is 0 Å². The van der Waals surface area contributed by atoms with Gasteiger partial charge in [0.1, 0.15) is 11.6 Å². The first-order chi connectivity index (χ1) is 8.38. The third-order valence-electron chi connectivity index (χ3n) is 1.99. The Bertz CT molecular complexity index is 684. The van der Waals surface area contributed by atoms with E-state index in [1.54, 1.807) is 0 Å². The molecule has 0 saturated heterocycles. The lowest BCUT2D eigenvalue weighted by atomic mass is 10.3. The molecule has 0 atom stereocenters. The number of anilines is 1. The highest BCUT2D eigenvalue weighted by Gasteiger charge is 2.20. The summed E-state index contributed by atoms with van der Waals surface area (Å²) in [5, 5.41) is -0.578. The molecule has 18 heavy (non-hydrogen) atoms. The summed E-state index contributed by atoms with van der Waals surface area (Å²) in [6.45, 7) is 0. The number of rotatable bonds is 3. The van der Waals surface area contributed by atoms with Crippen molar-refractivity contribution < 1.29 is 21.6 Å². The summed E-state index contributed by atoms with van der Waals surface area (Å²) < 4.78 is 56.0. The molecule has 0 radical (unpaired) electrons. The fraction of sp³-hybridized carbons (Fsp3) is 0. The zero-order chi connectivity index (χ0) is 13.3. The summed E-state index contributed by atoms with van der Waals surface area (Å²) in [5.74, 6) is -1.84. The first kappa shape index (κ1) is 12.8. The van der Waals surface area contributed by atoms with Crippen LogP contribution in [0.3, 0.4) is 0 Å². The van der Waals surface area contributed by atoms with Crippen molar-refractivity contribution in [3.8, 4) is 0 Å². The van der Waals surface area contributed by atoms with Gasteiger partial charge >= 0.3 is 0 Å². The average Bonchev–Trinajstić information content (AvgIpc) is 2.70. The Balaban J connectivity index is 2.33. The monoisotopic (exact) mass is 293 g/mol. The Kier molecular flexibility index (Phi) is 3.27. The first-order valence-electron chi connectivity index (χ1n) is 4.62. The predicted molar refractivity (Wildman–Crippen MR) is 60.9 cm³/mol. The molecule has 0 spiro atoms. The molecule has 1 aromatic heterocycles. The van der Waals surface area contributed by atoms with Crippen molar-refractivity contribution in [1.29, 1.82) is 0 Å². The zero-order valence-electron chi connectivity index (χ0n) is 8.65. The minimum absolute atomic E-state index is 0.116. The summed E-state index contributed by atoms with van der Waals surface area (Å²) in [4.78, 5) is 0. The van der Waals surface area contributed by atoms with Crippen LogP contribution in [0.4, 0.5) is 14.5 Å². The Morgan fingerprint density at radius 3 is 2.44 bits per heavy atom. The van der Waals surface area contributed by atoms with Crippen molar-refractivity contribution in [2.75, 3.05) is 4.72 Å². The summed E-state index contributed by atoms with van der Waals surface area (Å²) in [6.07, 6.45) is 0. The van der Waals surface area contributed by atoms with Gasteiger partial charge in [0, 0.05) is 6.07 Å². The highest BCUT2D eigenvalue weighted by Crippen LogP contribution is 2.22. The van der Waals surface area contributed by atoms with Crippen molar-refractivity contribution in [2.24, 2.45) is 0 Å². The molecule has 2 rings (SSSR count). The standard InChI is InChI=1S/C10H6ClF2NO3S/c11-9-3-4-10(17-9)18(15,16)14-8-2-1-6(12)5-7(8)13/h1-5,14H. The van der Waals surface area contributed by atoms with Crippen molar-refractivity contribution in [2.45, 2.75) is 5.09 Å². The van der Waals surface area contributed by atoms with E-state index in [4.69, 9.17) is 16.0 Å². The maximum Gasteiger partial charge on any atom is 0.295 e. The van der Waals surface area contributed by atoms with Crippen molar-refractivity contribution in [3.05, 3.63) is 47.2 Å². The van der Waals surface area contributed by atoms with Crippen LogP contribution < -0.4 is 4.72 Å². The lowest BCUT2D eigenvalue weighted by Crippen LogP contribution is -2.13. The fourth-order valence-corrected chi connectivity index (χ4v) is 2.40. The van der Waals surface area contributed by atoms with Gasteiger partial charge in [-0.25, -0.2) is 8.78 Å². The van der Waals surface area contributed by atoms with E-state index in [1.807, 2.05) is 4.72 Å². The molecule has 96 valence electrons. The molecular weight excluding hydrogens is 288 g/mol. The molecule has 1 N–H and O–H groups in total. The van der Waals surface area contributed by atoms with E-state index >= 15 is 0 Å². The van der Waals surface area contributed by atoms with Gasteiger partial charge in [0.15, 0.2) is 5.22 Å². The second kappa shape index (κ2) is 4.58. The number of hydrogen-bond acceptors (Lipinski definition) is 3. The van der Waals surface area contributed by atoms with E-state index in [2.05, 4.69) is 0 Å². The summed E-state index contributed by atoms with van der Waals surface area (Å²) >= 11 is 5.44. The first-order valence-corrected chi connectivity index (χ1v) is 6.48. The molecular formula is C10H6ClF2NO3S. The van der Waals surface area contributed by atoms with Gasteiger partial charge in [-0.3, -0.25) is 4.72 Å². The zero-order valence-corrected chi connectivity index (χ0v) is 10.2. The van der Waals surface area contributed by atoms with Crippen LogP contribution in [-0.4, -0.2) is 8.42 Å². The van der Waals surface area contributed by atoms with E-state index in [1.165, 1.54) is 6.07 Å². The Morgan fingerprint density at radius 1 is 1.17 bits per heavy atom. The van der Waals surface area contributed by atoms with Crippen LogP contribution in [0.5, 0.6) is 0 Å². The normalized spacial score (nSPS) is 11.5. The van der Waals surface area contributed by atoms with Gasteiger partial charge in [0.05, 0.1) is 5.69 Å². The van der Waals surface area contributed by atoms with Gasteiger partial charge < -0.3 is 4.42 Å². The lowest BCUT2D eigenvalue weighted by molar-refractivity contribution is 0.453. The van der Waals surface area contributed by atoms with Crippen LogP contribution in [0.2, 0.25) is 5.22 Å². The molecule has 2 aromatic rings. The molecule has 4 nitrogen and oxygen atoms in total. The smallest absolute Gasteiger partial charge is 0.295 e. The molecule has 0 aliphatic rings. The van der Waals surface area contributed by atoms with Crippen LogP contribution in [0.25, 0.3) is 0 Å². The SMILES string of the molecule is O=S(=O)(Nc1ccc(F)cc1F)c1ccc(Cl)o1. The molecule has 1 aromatic carbocycles. The molecule has 8 heteroatoms. The van der Waals surface area contributed by atoms with E-state index in [0.29, 0.717) is 6.07 Å². The minimum atomic E-state index is -4.09. The summed E-state index contributed by atoms with van der Waals surface area (Å²) in [6, 6.07) is 4.80. The van der Waals surface area contributed by atoms with E-state index < -0.39 is 26.8 Å². The summed E-state index contributed by atoms with van der Waals surface area (Å²) in [5.41, 5.74) is -0.385. The molecule has 0 aliphatic carbocycles. The number of benzene rings is 1. The lowest BCUT2D eigenvalue weighted by Gasteiger charge is -2.06. The van der Waals surface area contributed by atoms with Gasteiger partial charge in [-0.2, -0.15) is 8.42 Å². The van der Waals surface area contributed by atoms with Crippen LogP contribution in [0.1, 0.15) is 0 Å². The Hall–Kier alpha value is -1.60. The number of furan rings is 1. The Labute approximate surface area is 106 Å². The fourth-order valence-electron chi connectivity index (χ4n) is 1.21.